The minimum Gasteiger partial charge on any atom is -0.497 e. The molecule has 112 valence electrons. The van der Waals surface area contributed by atoms with Crippen molar-refractivity contribution in [1.29, 1.82) is 0 Å². The quantitative estimate of drug-likeness (QED) is 0.857. The highest BCUT2D eigenvalue weighted by atomic mass is 32.1. The van der Waals surface area contributed by atoms with E-state index in [4.69, 9.17) is 4.74 Å². The number of anilines is 2. The Labute approximate surface area is 127 Å². The fourth-order valence-electron chi connectivity index (χ4n) is 1.69. The summed E-state index contributed by atoms with van der Waals surface area (Å²) in [5.74, 6) is 0.584. The maximum absolute atomic E-state index is 12.1. The predicted molar refractivity (Wildman–Crippen MR) is 84.0 cm³/mol. The van der Waals surface area contributed by atoms with E-state index >= 15 is 0 Å². The molecule has 0 saturated heterocycles. The average Bonchev–Trinajstić information content (AvgIpc) is 2.95. The van der Waals surface area contributed by atoms with Crippen molar-refractivity contribution in [1.82, 2.24) is 10.2 Å². The van der Waals surface area contributed by atoms with Crippen molar-refractivity contribution < 1.29 is 9.53 Å². The number of rotatable bonds is 6. The minimum absolute atomic E-state index is 0.156. The number of hydrogen-bond donors (Lipinski definition) is 2. The number of carbonyl (C=O) groups is 1. The highest BCUT2D eigenvalue weighted by Gasteiger charge is 2.15. The lowest BCUT2D eigenvalue weighted by molar-refractivity contribution is -0.116. The summed E-state index contributed by atoms with van der Waals surface area (Å²) in [5.41, 5.74) is 0.823. The molecule has 0 fully saturated rings. The molecule has 7 heteroatoms. The van der Waals surface area contributed by atoms with Gasteiger partial charge in [0.1, 0.15) is 16.8 Å². The van der Waals surface area contributed by atoms with E-state index in [1.165, 1.54) is 11.3 Å². The van der Waals surface area contributed by atoms with Crippen molar-refractivity contribution in [3.8, 4) is 5.75 Å². The first-order chi connectivity index (χ1) is 10.1. The van der Waals surface area contributed by atoms with Gasteiger partial charge in [-0.2, -0.15) is 0 Å². The standard InChI is InChI=1S/C14H18N4O2S/c1-4-12-17-18-14(21-12)16-13(19)9(2)15-10-6-5-7-11(8-10)20-3/h5-9,15H,4H2,1-3H3,(H,16,18,19)/t9-/m0/s1. The van der Waals surface area contributed by atoms with Crippen LogP contribution in [0.15, 0.2) is 24.3 Å². The van der Waals surface area contributed by atoms with E-state index in [1.807, 2.05) is 31.2 Å². The van der Waals surface area contributed by atoms with Crippen LogP contribution in [0, 0.1) is 0 Å². The predicted octanol–water partition coefficient (Wildman–Crippen LogP) is 2.55. The molecular formula is C14H18N4O2S. The van der Waals surface area contributed by atoms with E-state index in [0.29, 0.717) is 5.13 Å². The smallest absolute Gasteiger partial charge is 0.248 e. The van der Waals surface area contributed by atoms with Crippen molar-refractivity contribution in [3.05, 3.63) is 29.3 Å². The normalized spacial score (nSPS) is 11.8. The van der Waals surface area contributed by atoms with E-state index in [0.717, 1.165) is 22.9 Å². The number of nitrogens with zero attached hydrogens (tertiary/aromatic N) is 2. The molecule has 21 heavy (non-hydrogen) atoms. The van der Waals surface area contributed by atoms with Crippen LogP contribution >= 0.6 is 11.3 Å². The van der Waals surface area contributed by atoms with Crippen LogP contribution in [0.1, 0.15) is 18.9 Å². The van der Waals surface area contributed by atoms with Gasteiger partial charge in [0.25, 0.3) is 0 Å². The van der Waals surface area contributed by atoms with Crippen molar-refractivity contribution in [2.45, 2.75) is 26.3 Å². The third kappa shape index (κ3) is 4.16. The van der Waals surface area contributed by atoms with E-state index in [9.17, 15) is 4.79 Å². The van der Waals surface area contributed by atoms with E-state index in [-0.39, 0.29) is 5.91 Å². The Balaban J connectivity index is 1.95. The number of hydrogen-bond acceptors (Lipinski definition) is 6. The maximum atomic E-state index is 12.1. The van der Waals surface area contributed by atoms with E-state index in [2.05, 4.69) is 20.8 Å². The average molecular weight is 306 g/mol. The molecule has 2 aromatic rings. The van der Waals surface area contributed by atoms with Crippen LogP contribution in [0.2, 0.25) is 0 Å². The zero-order valence-electron chi connectivity index (χ0n) is 12.2. The topological polar surface area (TPSA) is 76.1 Å². The van der Waals surface area contributed by atoms with Crippen LogP contribution in [0.25, 0.3) is 0 Å². The first-order valence-electron chi connectivity index (χ1n) is 6.66. The van der Waals surface area contributed by atoms with Crippen molar-refractivity contribution in [3.63, 3.8) is 0 Å². The molecule has 2 rings (SSSR count). The number of ether oxygens (including phenoxy) is 1. The maximum Gasteiger partial charge on any atom is 0.248 e. The molecule has 2 N–H and O–H groups in total. The summed E-state index contributed by atoms with van der Waals surface area (Å²) in [7, 11) is 1.61. The third-order valence-electron chi connectivity index (χ3n) is 2.85. The lowest BCUT2D eigenvalue weighted by Crippen LogP contribution is -2.31. The second-order valence-corrected chi connectivity index (χ2v) is 5.50. The summed E-state index contributed by atoms with van der Waals surface area (Å²) >= 11 is 1.39. The van der Waals surface area contributed by atoms with Crippen LogP contribution < -0.4 is 15.4 Å². The van der Waals surface area contributed by atoms with Crippen LogP contribution in [0.5, 0.6) is 5.75 Å². The molecule has 0 saturated carbocycles. The largest absolute Gasteiger partial charge is 0.497 e. The Hall–Kier alpha value is -2.15. The van der Waals surface area contributed by atoms with E-state index < -0.39 is 6.04 Å². The number of amides is 1. The lowest BCUT2D eigenvalue weighted by atomic mass is 10.2. The molecule has 1 atom stereocenters. The highest BCUT2D eigenvalue weighted by Crippen LogP contribution is 2.19. The zero-order valence-corrected chi connectivity index (χ0v) is 13.0. The van der Waals surface area contributed by atoms with E-state index in [1.54, 1.807) is 14.0 Å². The van der Waals surface area contributed by atoms with Crippen LogP contribution in [0.3, 0.4) is 0 Å². The van der Waals surface area contributed by atoms with Gasteiger partial charge >= 0.3 is 0 Å². The molecule has 1 aromatic carbocycles. The molecule has 0 aliphatic rings. The molecule has 6 nitrogen and oxygen atoms in total. The van der Waals surface area contributed by atoms with Gasteiger partial charge in [0, 0.05) is 11.8 Å². The number of aromatic nitrogens is 2. The molecule has 0 radical (unpaired) electrons. The van der Waals surface area contributed by atoms with Gasteiger partial charge in [-0.05, 0) is 25.5 Å². The molecule has 0 aliphatic heterocycles. The summed E-state index contributed by atoms with van der Waals surface area (Å²) in [6.45, 7) is 3.79. The molecule has 0 aliphatic carbocycles. The summed E-state index contributed by atoms with van der Waals surface area (Å²) < 4.78 is 5.15. The van der Waals surface area contributed by atoms with Gasteiger partial charge in [0.15, 0.2) is 0 Å². The number of carbonyl (C=O) groups excluding carboxylic acids is 1. The Morgan fingerprint density at radius 1 is 1.43 bits per heavy atom. The van der Waals surface area contributed by atoms with Crippen molar-refractivity contribution in [2.75, 3.05) is 17.7 Å². The first-order valence-corrected chi connectivity index (χ1v) is 7.48. The van der Waals surface area contributed by atoms with Gasteiger partial charge in [0.05, 0.1) is 7.11 Å². The van der Waals surface area contributed by atoms with Crippen LogP contribution in [-0.4, -0.2) is 29.3 Å². The number of aryl methyl sites for hydroxylation is 1. The molecule has 0 bridgehead atoms. The van der Waals surface area contributed by atoms with Gasteiger partial charge in [-0.25, -0.2) is 0 Å². The fraction of sp³-hybridized carbons (Fsp3) is 0.357. The van der Waals surface area contributed by atoms with Crippen molar-refractivity contribution in [2.24, 2.45) is 0 Å². The molecular weight excluding hydrogens is 288 g/mol. The van der Waals surface area contributed by atoms with Gasteiger partial charge in [0.2, 0.25) is 11.0 Å². The summed E-state index contributed by atoms with van der Waals surface area (Å²) in [5, 5.41) is 15.2. The Kier molecular flexibility index (Phi) is 5.10. The van der Waals surface area contributed by atoms with Crippen molar-refractivity contribution >= 4 is 28.1 Å². The molecule has 1 aromatic heterocycles. The number of benzene rings is 1. The fourth-order valence-corrected chi connectivity index (χ4v) is 2.37. The molecule has 0 unspecified atom stereocenters. The highest BCUT2D eigenvalue weighted by molar-refractivity contribution is 7.15. The SMILES string of the molecule is CCc1nnc(NC(=O)[C@H](C)Nc2cccc(OC)c2)s1. The lowest BCUT2D eigenvalue weighted by Gasteiger charge is -2.14. The molecule has 1 amide bonds. The van der Waals surface area contributed by atoms with Crippen LogP contribution in [0.4, 0.5) is 10.8 Å². The minimum atomic E-state index is -0.397. The second-order valence-electron chi connectivity index (χ2n) is 4.44. The summed E-state index contributed by atoms with van der Waals surface area (Å²) in [6, 6.07) is 7.04. The van der Waals surface area contributed by atoms with Gasteiger partial charge in [-0.3, -0.25) is 10.1 Å². The number of methoxy groups -OCH3 is 1. The number of nitrogens with one attached hydrogen (secondary N) is 2. The summed E-state index contributed by atoms with van der Waals surface area (Å²) in [4.78, 5) is 12.1. The monoisotopic (exact) mass is 306 g/mol. The summed E-state index contributed by atoms with van der Waals surface area (Å²) in [6.07, 6.45) is 0.811. The second kappa shape index (κ2) is 7.03. The Morgan fingerprint density at radius 3 is 2.90 bits per heavy atom. The zero-order chi connectivity index (χ0) is 15.2. The molecule has 1 heterocycles. The Morgan fingerprint density at radius 2 is 2.24 bits per heavy atom. The third-order valence-corrected chi connectivity index (χ3v) is 3.83. The van der Waals surface area contributed by atoms with Crippen LogP contribution in [-0.2, 0) is 11.2 Å². The molecule has 0 spiro atoms. The Bertz CT molecular complexity index is 615. The van der Waals surface area contributed by atoms with Gasteiger partial charge < -0.3 is 10.1 Å². The first kappa shape index (κ1) is 15.2. The van der Waals surface area contributed by atoms with Gasteiger partial charge in [-0.1, -0.05) is 24.3 Å². The van der Waals surface area contributed by atoms with Gasteiger partial charge in [-0.15, -0.1) is 10.2 Å².